The highest BCUT2D eigenvalue weighted by Gasteiger charge is 2.19. The van der Waals surface area contributed by atoms with Crippen LogP contribution in [0.25, 0.3) is 0 Å². The van der Waals surface area contributed by atoms with Crippen LogP contribution in [0, 0.1) is 0 Å². The first kappa shape index (κ1) is 18.7. The van der Waals surface area contributed by atoms with Crippen LogP contribution >= 0.6 is 0 Å². The van der Waals surface area contributed by atoms with Crippen molar-refractivity contribution < 1.29 is 9.53 Å². The number of amides is 1. The molecule has 5 nitrogen and oxygen atoms in total. The average molecular weight is 333 g/mol. The van der Waals surface area contributed by atoms with Crippen molar-refractivity contribution in [3.63, 3.8) is 0 Å². The summed E-state index contributed by atoms with van der Waals surface area (Å²) in [6, 6.07) is 8.39. The maximum atomic E-state index is 12.1. The smallest absolute Gasteiger partial charge is 0.220 e. The SMILES string of the molecule is CCOc1ccc(CCC(=O)NC[C@H](C)N2CCN(C)CC2)cc1. The largest absolute Gasteiger partial charge is 0.494 e. The second-order valence-electron chi connectivity index (χ2n) is 6.57. The number of benzene rings is 1. The Hall–Kier alpha value is -1.59. The fourth-order valence-corrected chi connectivity index (χ4v) is 2.92. The first-order chi connectivity index (χ1) is 11.6. The van der Waals surface area contributed by atoms with E-state index in [9.17, 15) is 4.79 Å². The first-order valence-corrected chi connectivity index (χ1v) is 8.99. The molecule has 1 fully saturated rings. The Balaban J connectivity index is 1.65. The number of carbonyl (C=O) groups is 1. The third kappa shape index (κ3) is 6.13. The third-order valence-electron chi connectivity index (χ3n) is 4.63. The van der Waals surface area contributed by atoms with Crippen LogP contribution in [-0.2, 0) is 11.2 Å². The van der Waals surface area contributed by atoms with Crippen LogP contribution in [0.3, 0.4) is 0 Å². The molecular weight excluding hydrogens is 302 g/mol. The lowest BCUT2D eigenvalue weighted by Gasteiger charge is -2.36. The Bertz CT molecular complexity index is 496. The molecule has 1 saturated heterocycles. The molecule has 0 unspecified atom stereocenters. The minimum absolute atomic E-state index is 0.130. The Kier molecular flexibility index (Phi) is 7.53. The van der Waals surface area contributed by atoms with E-state index in [0.717, 1.165) is 44.9 Å². The fourth-order valence-electron chi connectivity index (χ4n) is 2.92. The van der Waals surface area contributed by atoms with Crippen LogP contribution < -0.4 is 10.1 Å². The summed E-state index contributed by atoms with van der Waals surface area (Å²) in [6.07, 6.45) is 1.30. The van der Waals surface area contributed by atoms with E-state index in [-0.39, 0.29) is 5.91 Å². The normalized spacial score (nSPS) is 17.5. The van der Waals surface area contributed by atoms with Gasteiger partial charge in [-0.05, 0) is 45.0 Å². The monoisotopic (exact) mass is 333 g/mol. The number of piperazine rings is 1. The molecule has 2 rings (SSSR count). The molecule has 1 aromatic carbocycles. The molecule has 0 spiro atoms. The Labute approximate surface area is 146 Å². The maximum Gasteiger partial charge on any atom is 0.220 e. The highest BCUT2D eigenvalue weighted by molar-refractivity contribution is 5.76. The van der Waals surface area contributed by atoms with Crippen molar-refractivity contribution in [2.24, 2.45) is 0 Å². The molecule has 1 amide bonds. The molecule has 1 aromatic rings. The zero-order valence-electron chi connectivity index (χ0n) is 15.3. The van der Waals surface area contributed by atoms with Gasteiger partial charge in [0.25, 0.3) is 0 Å². The van der Waals surface area contributed by atoms with Crippen molar-refractivity contribution in [2.75, 3.05) is 46.4 Å². The van der Waals surface area contributed by atoms with E-state index in [1.54, 1.807) is 0 Å². The number of aryl methyl sites for hydroxylation is 1. The first-order valence-electron chi connectivity index (χ1n) is 8.99. The number of likely N-dealkylation sites (N-methyl/N-ethyl adjacent to an activating group) is 1. The van der Waals surface area contributed by atoms with Gasteiger partial charge in [0.15, 0.2) is 0 Å². The van der Waals surface area contributed by atoms with Crippen LogP contribution in [0.5, 0.6) is 5.75 Å². The molecule has 1 aliphatic rings. The van der Waals surface area contributed by atoms with E-state index in [4.69, 9.17) is 4.74 Å². The fraction of sp³-hybridized carbons (Fsp3) is 0.632. The topological polar surface area (TPSA) is 44.8 Å². The Morgan fingerprint density at radius 3 is 2.50 bits per heavy atom. The van der Waals surface area contributed by atoms with E-state index in [0.29, 0.717) is 19.1 Å². The summed E-state index contributed by atoms with van der Waals surface area (Å²) < 4.78 is 5.43. The Morgan fingerprint density at radius 1 is 1.21 bits per heavy atom. The molecule has 24 heavy (non-hydrogen) atoms. The van der Waals surface area contributed by atoms with E-state index in [1.165, 1.54) is 5.56 Å². The zero-order chi connectivity index (χ0) is 17.4. The second kappa shape index (κ2) is 9.64. The highest BCUT2D eigenvalue weighted by Crippen LogP contribution is 2.13. The molecule has 0 bridgehead atoms. The number of hydrogen-bond acceptors (Lipinski definition) is 4. The van der Waals surface area contributed by atoms with Gasteiger partial charge in [-0.15, -0.1) is 0 Å². The molecule has 5 heteroatoms. The minimum atomic E-state index is 0.130. The summed E-state index contributed by atoms with van der Waals surface area (Å²) in [5.74, 6) is 1.01. The van der Waals surface area contributed by atoms with Gasteiger partial charge in [0.05, 0.1) is 6.61 Å². The number of nitrogens with one attached hydrogen (secondary N) is 1. The van der Waals surface area contributed by atoms with Gasteiger partial charge in [-0.3, -0.25) is 9.69 Å². The van der Waals surface area contributed by atoms with Crippen molar-refractivity contribution in [3.05, 3.63) is 29.8 Å². The van der Waals surface area contributed by atoms with Crippen LogP contribution in [0.15, 0.2) is 24.3 Å². The minimum Gasteiger partial charge on any atom is -0.494 e. The third-order valence-corrected chi connectivity index (χ3v) is 4.63. The summed E-state index contributed by atoms with van der Waals surface area (Å²) in [6.45, 7) is 9.95. The van der Waals surface area contributed by atoms with Gasteiger partial charge < -0.3 is 15.0 Å². The van der Waals surface area contributed by atoms with Crippen molar-refractivity contribution in [1.82, 2.24) is 15.1 Å². The molecule has 1 atom stereocenters. The maximum absolute atomic E-state index is 12.1. The average Bonchev–Trinajstić information content (AvgIpc) is 2.60. The predicted molar refractivity (Wildman–Crippen MR) is 97.5 cm³/mol. The molecule has 0 aromatic heterocycles. The second-order valence-corrected chi connectivity index (χ2v) is 6.57. The molecule has 0 aliphatic carbocycles. The van der Waals surface area contributed by atoms with Gasteiger partial charge in [-0.25, -0.2) is 0 Å². The molecule has 0 radical (unpaired) electrons. The molecule has 1 aliphatic heterocycles. The van der Waals surface area contributed by atoms with Crippen molar-refractivity contribution in [1.29, 1.82) is 0 Å². The number of rotatable bonds is 8. The zero-order valence-corrected chi connectivity index (χ0v) is 15.3. The van der Waals surface area contributed by atoms with Gasteiger partial charge in [-0.2, -0.15) is 0 Å². The standard InChI is InChI=1S/C19H31N3O2/c1-4-24-18-8-5-17(6-9-18)7-10-19(23)20-15-16(2)22-13-11-21(3)12-14-22/h5-6,8-9,16H,4,7,10-15H2,1-3H3,(H,20,23)/t16-/m0/s1. The van der Waals surface area contributed by atoms with E-state index in [2.05, 4.69) is 29.1 Å². The molecular formula is C19H31N3O2. The Morgan fingerprint density at radius 2 is 1.88 bits per heavy atom. The van der Waals surface area contributed by atoms with Gasteiger partial charge in [0.2, 0.25) is 5.91 Å². The lowest BCUT2D eigenvalue weighted by molar-refractivity contribution is -0.121. The number of ether oxygens (including phenoxy) is 1. The lowest BCUT2D eigenvalue weighted by Crippen LogP contribution is -2.51. The number of nitrogens with zero attached hydrogens (tertiary/aromatic N) is 2. The van der Waals surface area contributed by atoms with E-state index in [1.807, 2.05) is 31.2 Å². The predicted octanol–water partition coefficient (Wildman–Crippen LogP) is 1.77. The van der Waals surface area contributed by atoms with Crippen LogP contribution in [0.1, 0.15) is 25.8 Å². The molecule has 1 N–H and O–H groups in total. The van der Waals surface area contributed by atoms with Crippen molar-refractivity contribution >= 4 is 5.91 Å². The molecule has 0 saturated carbocycles. The van der Waals surface area contributed by atoms with Crippen molar-refractivity contribution in [2.45, 2.75) is 32.7 Å². The van der Waals surface area contributed by atoms with Crippen LogP contribution in [-0.4, -0.2) is 68.1 Å². The lowest BCUT2D eigenvalue weighted by atomic mass is 10.1. The molecule has 134 valence electrons. The van der Waals surface area contributed by atoms with E-state index >= 15 is 0 Å². The van der Waals surface area contributed by atoms with E-state index < -0.39 is 0 Å². The van der Waals surface area contributed by atoms with Crippen LogP contribution in [0.4, 0.5) is 0 Å². The number of carbonyl (C=O) groups excluding carboxylic acids is 1. The van der Waals surface area contributed by atoms with Gasteiger partial charge in [0, 0.05) is 45.2 Å². The van der Waals surface area contributed by atoms with Crippen LogP contribution in [0.2, 0.25) is 0 Å². The van der Waals surface area contributed by atoms with Gasteiger partial charge in [-0.1, -0.05) is 12.1 Å². The summed E-state index contributed by atoms with van der Waals surface area (Å²) in [7, 11) is 2.16. The summed E-state index contributed by atoms with van der Waals surface area (Å²) >= 11 is 0. The van der Waals surface area contributed by atoms with Gasteiger partial charge >= 0.3 is 0 Å². The molecule has 1 heterocycles. The quantitative estimate of drug-likeness (QED) is 0.787. The van der Waals surface area contributed by atoms with Gasteiger partial charge in [0.1, 0.15) is 5.75 Å². The van der Waals surface area contributed by atoms with Crippen molar-refractivity contribution in [3.8, 4) is 5.75 Å². The highest BCUT2D eigenvalue weighted by atomic mass is 16.5. The summed E-state index contributed by atoms with van der Waals surface area (Å²) in [5, 5.41) is 3.07. The summed E-state index contributed by atoms with van der Waals surface area (Å²) in [5.41, 5.74) is 1.17. The number of hydrogen-bond donors (Lipinski definition) is 1. The summed E-state index contributed by atoms with van der Waals surface area (Å²) in [4.78, 5) is 16.9.